The van der Waals surface area contributed by atoms with Gasteiger partial charge in [-0.2, -0.15) is 0 Å². The maximum atomic E-state index is 14.2. The van der Waals surface area contributed by atoms with Gasteiger partial charge in [0, 0.05) is 17.3 Å². The second-order valence-electron chi connectivity index (χ2n) is 8.16. The number of para-hydroxylation sites is 1. The second kappa shape index (κ2) is 5.51. The molecule has 29 heavy (non-hydrogen) atoms. The van der Waals surface area contributed by atoms with E-state index < -0.39 is 23.2 Å². The van der Waals surface area contributed by atoms with Gasteiger partial charge < -0.3 is 5.32 Å². The van der Waals surface area contributed by atoms with Gasteiger partial charge in [-0.3, -0.25) is 19.3 Å². The SMILES string of the molecule is O=C1[C@@H]2[C@@H]3CCCN3[C@@]3(C(=O)Nc4ccc(F)cc43)[C@H]2C(=O)N1c1ccccc1. The minimum atomic E-state index is -1.33. The third-order valence-corrected chi connectivity index (χ3v) is 6.97. The summed E-state index contributed by atoms with van der Waals surface area (Å²) in [6.45, 7) is 0.604. The lowest BCUT2D eigenvalue weighted by Gasteiger charge is -2.36. The van der Waals surface area contributed by atoms with Crippen LogP contribution in [0.5, 0.6) is 0 Å². The molecule has 7 heteroatoms. The van der Waals surface area contributed by atoms with Crippen molar-refractivity contribution in [2.24, 2.45) is 11.8 Å². The minimum Gasteiger partial charge on any atom is -0.324 e. The van der Waals surface area contributed by atoms with Gasteiger partial charge in [0.25, 0.3) is 0 Å². The van der Waals surface area contributed by atoms with Gasteiger partial charge in [0.05, 0.1) is 17.5 Å². The van der Waals surface area contributed by atoms with Crippen molar-refractivity contribution in [3.8, 4) is 0 Å². The van der Waals surface area contributed by atoms with Crippen molar-refractivity contribution in [3.05, 3.63) is 59.9 Å². The van der Waals surface area contributed by atoms with E-state index >= 15 is 0 Å². The van der Waals surface area contributed by atoms with Crippen molar-refractivity contribution >= 4 is 29.1 Å². The smallest absolute Gasteiger partial charge is 0.250 e. The van der Waals surface area contributed by atoms with Gasteiger partial charge in [-0.1, -0.05) is 18.2 Å². The largest absolute Gasteiger partial charge is 0.324 e. The summed E-state index contributed by atoms with van der Waals surface area (Å²) in [5, 5.41) is 2.84. The molecule has 3 fully saturated rings. The summed E-state index contributed by atoms with van der Waals surface area (Å²) in [6, 6.07) is 12.8. The Morgan fingerprint density at radius 1 is 1.03 bits per heavy atom. The number of amides is 3. The van der Waals surface area contributed by atoms with Crippen LogP contribution in [0.4, 0.5) is 15.8 Å². The van der Waals surface area contributed by atoms with E-state index in [9.17, 15) is 18.8 Å². The van der Waals surface area contributed by atoms with Gasteiger partial charge in [-0.25, -0.2) is 9.29 Å². The first-order valence-corrected chi connectivity index (χ1v) is 9.86. The summed E-state index contributed by atoms with van der Waals surface area (Å²) in [7, 11) is 0. The average Bonchev–Trinajstić information content (AvgIpc) is 3.41. The molecule has 0 unspecified atom stereocenters. The van der Waals surface area contributed by atoms with Crippen molar-refractivity contribution in [2.75, 3.05) is 16.8 Å². The molecule has 6 nitrogen and oxygen atoms in total. The highest BCUT2D eigenvalue weighted by Gasteiger charge is 2.74. The van der Waals surface area contributed by atoms with E-state index in [1.807, 2.05) is 11.0 Å². The van der Waals surface area contributed by atoms with E-state index in [0.29, 0.717) is 23.5 Å². The molecule has 0 saturated carbocycles. The fourth-order valence-corrected chi connectivity index (χ4v) is 6.01. The number of nitrogens with one attached hydrogen (secondary N) is 1. The topological polar surface area (TPSA) is 69.7 Å². The van der Waals surface area contributed by atoms with Crippen molar-refractivity contribution < 1.29 is 18.8 Å². The molecule has 4 heterocycles. The standard InChI is InChI=1S/C22H18FN3O3/c23-12-8-9-15-14(11-12)22(21(29)24-15)18-17(16-7-4-10-25(16)22)19(27)26(20(18)28)13-5-2-1-3-6-13/h1-3,5-6,8-9,11,16-18H,4,7,10H2,(H,24,29)/t16-,17+,18+,22+/m0/s1. The first-order chi connectivity index (χ1) is 14.0. The molecule has 4 atom stereocenters. The van der Waals surface area contributed by atoms with Crippen LogP contribution in [0.2, 0.25) is 0 Å². The van der Waals surface area contributed by atoms with Crippen molar-refractivity contribution in [1.29, 1.82) is 0 Å². The number of fused-ring (bicyclic) bond motifs is 7. The molecule has 0 radical (unpaired) electrons. The van der Waals surface area contributed by atoms with Crippen LogP contribution in [0.1, 0.15) is 18.4 Å². The quantitative estimate of drug-likeness (QED) is 0.757. The van der Waals surface area contributed by atoms with Gasteiger partial charge in [-0.15, -0.1) is 0 Å². The van der Waals surface area contributed by atoms with Gasteiger partial charge in [0.2, 0.25) is 17.7 Å². The molecule has 0 aliphatic carbocycles. The van der Waals surface area contributed by atoms with Crippen molar-refractivity contribution in [1.82, 2.24) is 4.90 Å². The Kier molecular flexibility index (Phi) is 3.20. The van der Waals surface area contributed by atoms with Gasteiger partial charge in [-0.05, 0) is 49.7 Å². The molecule has 0 aromatic heterocycles. The van der Waals surface area contributed by atoms with Crippen molar-refractivity contribution in [2.45, 2.75) is 24.4 Å². The molecule has 1 spiro atoms. The molecule has 4 aliphatic heterocycles. The number of halogens is 1. The monoisotopic (exact) mass is 391 g/mol. The molecular formula is C22H18FN3O3. The second-order valence-corrected chi connectivity index (χ2v) is 8.16. The van der Waals surface area contributed by atoms with Gasteiger partial charge >= 0.3 is 0 Å². The third-order valence-electron chi connectivity index (χ3n) is 6.97. The Morgan fingerprint density at radius 2 is 1.83 bits per heavy atom. The molecule has 1 N–H and O–H groups in total. The summed E-state index contributed by atoms with van der Waals surface area (Å²) in [5.41, 5.74) is 0.160. The first-order valence-electron chi connectivity index (χ1n) is 9.86. The highest BCUT2D eigenvalue weighted by Crippen LogP contribution is 2.60. The molecular weight excluding hydrogens is 373 g/mol. The molecule has 2 aromatic rings. The number of carbonyl (C=O) groups is 3. The summed E-state index contributed by atoms with van der Waals surface area (Å²) >= 11 is 0. The molecule has 146 valence electrons. The highest BCUT2D eigenvalue weighted by atomic mass is 19.1. The minimum absolute atomic E-state index is 0.204. The van der Waals surface area contributed by atoms with E-state index in [4.69, 9.17) is 0 Å². The predicted molar refractivity (Wildman–Crippen MR) is 102 cm³/mol. The van der Waals surface area contributed by atoms with E-state index in [-0.39, 0.29) is 23.8 Å². The van der Waals surface area contributed by atoms with Gasteiger partial charge in [0.1, 0.15) is 11.4 Å². The number of rotatable bonds is 1. The molecule has 2 aromatic carbocycles. The van der Waals surface area contributed by atoms with Crippen LogP contribution in [0.3, 0.4) is 0 Å². The Bertz CT molecular complexity index is 1090. The predicted octanol–water partition coefficient (Wildman–Crippen LogP) is 2.26. The zero-order valence-corrected chi connectivity index (χ0v) is 15.5. The van der Waals surface area contributed by atoms with E-state index in [1.54, 1.807) is 24.3 Å². The summed E-state index contributed by atoms with van der Waals surface area (Å²) in [4.78, 5) is 43.7. The van der Waals surface area contributed by atoms with Crippen LogP contribution >= 0.6 is 0 Å². The molecule has 3 saturated heterocycles. The van der Waals surface area contributed by atoms with E-state index in [1.165, 1.54) is 23.1 Å². The lowest BCUT2D eigenvalue weighted by Crippen LogP contribution is -2.54. The zero-order chi connectivity index (χ0) is 19.9. The fraction of sp³-hybridized carbons (Fsp3) is 0.318. The molecule has 0 bridgehead atoms. The van der Waals surface area contributed by atoms with Crippen LogP contribution in [0, 0.1) is 17.7 Å². The summed E-state index contributed by atoms with van der Waals surface area (Å²) < 4.78 is 14.2. The number of carbonyl (C=O) groups excluding carboxylic acids is 3. The number of benzene rings is 2. The van der Waals surface area contributed by atoms with Gasteiger partial charge in [0.15, 0.2) is 0 Å². The number of hydrogen-bond donors (Lipinski definition) is 1. The Balaban J connectivity index is 1.58. The van der Waals surface area contributed by atoms with Crippen LogP contribution in [-0.4, -0.2) is 35.2 Å². The van der Waals surface area contributed by atoms with Crippen LogP contribution in [0.15, 0.2) is 48.5 Å². The number of anilines is 2. The highest BCUT2D eigenvalue weighted by molar-refractivity contribution is 6.25. The van der Waals surface area contributed by atoms with Crippen molar-refractivity contribution in [3.63, 3.8) is 0 Å². The Hall–Kier alpha value is -3.06. The normalized spacial score (nSPS) is 32.7. The number of imide groups is 1. The van der Waals surface area contributed by atoms with Crippen LogP contribution in [-0.2, 0) is 19.9 Å². The maximum absolute atomic E-state index is 14.2. The maximum Gasteiger partial charge on any atom is 0.250 e. The molecule has 3 amide bonds. The van der Waals surface area contributed by atoms with Crippen LogP contribution < -0.4 is 10.2 Å². The zero-order valence-electron chi connectivity index (χ0n) is 15.5. The summed E-state index contributed by atoms with van der Waals surface area (Å²) in [6.07, 6.45) is 1.57. The molecule has 4 aliphatic rings. The number of hydrogen-bond acceptors (Lipinski definition) is 4. The first kappa shape index (κ1) is 16.9. The number of nitrogens with zero attached hydrogens (tertiary/aromatic N) is 2. The van der Waals surface area contributed by atoms with E-state index in [2.05, 4.69) is 5.32 Å². The van der Waals surface area contributed by atoms with Crippen LogP contribution in [0.25, 0.3) is 0 Å². The average molecular weight is 391 g/mol. The third kappa shape index (κ3) is 1.86. The summed E-state index contributed by atoms with van der Waals surface area (Å²) in [5.74, 6) is -2.91. The fourth-order valence-electron chi connectivity index (χ4n) is 6.01. The van der Waals surface area contributed by atoms with E-state index in [0.717, 1.165) is 12.8 Å². The lowest BCUT2D eigenvalue weighted by molar-refractivity contribution is -0.135. The Labute approximate surface area is 166 Å². The lowest BCUT2D eigenvalue weighted by atomic mass is 9.75. The Morgan fingerprint density at radius 3 is 2.62 bits per heavy atom. The molecule has 6 rings (SSSR count).